The zero-order valence-corrected chi connectivity index (χ0v) is 12.1. The molecule has 2 aromatic rings. The summed E-state index contributed by atoms with van der Waals surface area (Å²) in [6, 6.07) is 7.87. The van der Waals surface area contributed by atoms with Gasteiger partial charge in [0.15, 0.2) is 5.22 Å². The fourth-order valence-electron chi connectivity index (χ4n) is 1.79. The fraction of sp³-hybridized carbons (Fsp3) is 0.231. The van der Waals surface area contributed by atoms with Crippen LogP contribution in [0.4, 0.5) is 4.39 Å². The van der Waals surface area contributed by atoms with Crippen molar-refractivity contribution in [3.05, 3.63) is 57.2 Å². The SMILES string of the molecule is CCNC(c1ccc(Cl)o1)c1cc(Br)ccc1F. The third-order valence-corrected chi connectivity index (χ3v) is 3.25. The molecule has 1 aromatic heterocycles. The van der Waals surface area contributed by atoms with Crippen molar-refractivity contribution in [3.8, 4) is 0 Å². The molecular formula is C13H12BrClFNO. The van der Waals surface area contributed by atoms with Crippen LogP contribution in [-0.2, 0) is 0 Å². The van der Waals surface area contributed by atoms with Crippen LogP contribution in [0.15, 0.2) is 39.2 Å². The van der Waals surface area contributed by atoms with E-state index in [0.29, 0.717) is 23.1 Å². The van der Waals surface area contributed by atoms with E-state index in [4.69, 9.17) is 16.0 Å². The van der Waals surface area contributed by atoms with Crippen molar-refractivity contribution in [2.75, 3.05) is 6.54 Å². The lowest BCUT2D eigenvalue weighted by Crippen LogP contribution is -2.22. The molecule has 0 saturated heterocycles. The second-order valence-electron chi connectivity index (χ2n) is 3.80. The van der Waals surface area contributed by atoms with Crippen molar-refractivity contribution < 1.29 is 8.81 Å². The first-order valence-electron chi connectivity index (χ1n) is 5.55. The molecule has 1 aromatic carbocycles. The number of halogens is 3. The Morgan fingerprint density at radius 1 is 1.39 bits per heavy atom. The highest BCUT2D eigenvalue weighted by Gasteiger charge is 2.20. The van der Waals surface area contributed by atoms with Gasteiger partial charge in [-0.1, -0.05) is 22.9 Å². The van der Waals surface area contributed by atoms with Gasteiger partial charge in [-0.3, -0.25) is 0 Å². The van der Waals surface area contributed by atoms with E-state index >= 15 is 0 Å². The Balaban J connectivity index is 2.44. The molecular weight excluding hydrogens is 321 g/mol. The molecule has 0 bridgehead atoms. The fourth-order valence-corrected chi connectivity index (χ4v) is 2.32. The molecule has 0 saturated carbocycles. The van der Waals surface area contributed by atoms with Gasteiger partial charge in [-0.05, 0) is 48.5 Å². The van der Waals surface area contributed by atoms with E-state index in [1.165, 1.54) is 6.07 Å². The van der Waals surface area contributed by atoms with Crippen LogP contribution in [-0.4, -0.2) is 6.54 Å². The lowest BCUT2D eigenvalue weighted by Gasteiger charge is -2.17. The molecule has 18 heavy (non-hydrogen) atoms. The quantitative estimate of drug-likeness (QED) is 0.889. The van der Waals surface area contributed by atoms with Gasteiger partial charge in [-0.15, -0.1) is 0 Å². The molecule has 0 aliphatic rings. The van der Waals surface area contributed by atoms with Crippen molar-refractivity contribution in [2.45, 2.75) is 13.0 Å². The van der Waals surface area contributed by atoms with Gasteiger partial charge in [0.2, 0.25) is 0 Å². The molecule has 0 radical (unpaired) electrons. The number of furan rings is 1. The molecule has 2 rings (SSSR count). The number of benzene rings is 1. The Hall–Kier alpha value is -0.840. The summed E-state index contributed by atoms with van der Waals surface area (Å²) in [7, 11) is 0. The average molecular weight is 333 g/mol. The summed E-state index contributed by atoms with van der Waals surface area (Å²) in [4.78, 5) is 0. The summed E-state index contributed by atoms with van der Waals surface area (Å²) in [6.45, 7) is 2.64. The van der Waals surface area contributed by atoms with Crippen LogP contribution in [0.2, 0.25) is 5.22 Å². The molecule has 5 heteroatoms. The first-order valence-corrected chi connectivity index (χ1v) is 6.72. The highest BCUT2D eigenvalue weighted by Crippen LogP contribution is 2.29. The predicted molar refractivity (Wildman–Crippen MR) is 73.3 cm³/mol. The first-order chi connectivity index (χ1) is 8.61. The normalized spacial score (nSPS) is 12.7. The van der Waals surface area contributed by atoms with Gasteiger partial charge in [0.05, 0.1) is 6.04 Å². The largest absolute Gasteiger partial charge is 0.448 e. The highest BCUT2D eigenvalue weighted by atomic mass is 79.9. The smallest absolute Gasteiger partial charge is 0.193 e. The number of rotatable bonds is 4. The maximum Gasteiger partial charge on any atom is 0.193 e. The first kappa shape index (κ1) is 13.6. The minimum atomic E-state index is -0.347. The predicted octanol–water partition coefficient (Wildman–Crippen LogP) is 4.53. The van der Waals surface area contributed by atoms with Gasteiger partial charge >= 0.3 is 0 Å². The van der Waals surface area contributed by atoms with Gasteiger partial charge in [0.1, 0.15) is 11.6 Å². The molecule has 0 amide bonds. The number of hydrogen-bond donors (Lipinski definition) is 1. The zero-order chi connectivity index (χ0) is 13.1. The Kier molecular flexibility index (Phi) is 4.43. The molecule has 1 atom stereocenters. The van der Waals surface area contributed by atoms with Crippen LogP contribution < -0.4 is 5.32 Å². The van der Waals surface area contributed by atoms with Crippen LogP contribution in [0.25, 0.3) is 0 Å². The summed E-state index contributed by atoms with van der Waals surface area (Å²) >= 11 is 9.11. The van der Waals surface area contributed by atoms with Gasteiger partial charge in [-0.25, -0.2) is 4.39 Å². The van der Waals surface area contributed by atoms with Crippen molar-refractivity contribution in [2.24, 2.45) is 0 Å². The average Bonchev–Trinajstić information content (AvgIpc) is 2.76. The van der Waals surface area contributed by atoms with E-state index in [-0.39, 0.29) is 11.9 Å². The third-order valence-electron chi connectivity index (χ3n) is 2.56. The van der Waals surface area contributed by atoms with E-state index < -0.39 is 0 Å². The van der Waals surface area contributed by atoms with Crippen LogP contribution in [0.3, 0.4) is 0 Å². The lowest BCUT2D eigenvalue weighted by molar-refractivity contribution is 0.442. The third kappa shape index (κ3) is 2.94. The summed E-state index contributed by atoms with van der Waals surface area (Å²) in [6.07, 6.45) is 0. The van der Waals surface area contributed by atoms with Crippen LogP contribution in [0, 0.1) is 5.82 Å². The summed E-state index contributed by atoms with van der Waals surface area (Å²) < 4.78 is 20.1. The van der Waals surface area contributed by atoms with E-state index in [1.54, 1.807) is 24.3 Å². The Labute approximate surface area is 118 Å². The molecule has 1 N–H and O–H groups in total. The van der Waals surface area contributed by atoms with E-state index in [9.17, 15) is 4.39 Å². The van der Waals surface area contributed by atoms with E-state index in [2.05, 4.69) is 21.2 Å². The van der Waals surface area contributed by atoms with E-state index in [0.717, 1.165) is 4.47 Å². The van der Waals surface area contributed by atoms with Crippen molar-refractivity contribution >= 4 is 27.5 Å². The minimum Gasteiger partial charge on any atom is -0.448 e. The van der Waals surface area contributed by atoms with Gasteiger partial charge in [-0.2, -0.15) is 0 Å². The van der Waals surface area contributed by atoms with Crippen LogP contribution in [0.1, 0.15) is 24.3 Å². The highest BCUT2D eigenvalue weighted by molar-refractivity contribution is 9.10. The minimum absolute atomic E-state index is 0.281. The molecule has 96 valence electrons. The maximum atomic E-state index is 13.9. The van der Waals surface area contributed by atoms with Crippen LogP contribution >= 0.6 is 27.5 Å². The summed E-state index contributed by atoms with van der Waals surface area (Å²) in [5.41, 5.74) is 0.525. The van der Waals surface area contributed by atoms with Gasteiger partial charge < -0.3 is 9.73 Å². The zero-order valence-electron chi connectivity index (χ0n) is 9.71. The van der Waals surface area contributed by atoms with Crippen molar-refractivity contribution in [3.63, 3.8) is 0 Å². The second-order valence-corrected chi connectivity index (χ2v) is 5.09. The van der Waals surface area contributed by atoms with Crippen LogP contribution in [0.5, 0.6) is 0 Å². The molecule has 0 fully saturated rings. The molecule has 1 unspecified atom stereocenters. The Bertz CT molecular complexity index is 544. The summed E-state index contributed by atoms with van der Waals surface area (Å²) in [5.74, 6) is 0.315. The van der Waals surface area contributed by atoms with Gasteiger partial charge in [0.25, 0.3) is 0 Å². The standard InChI is InChI=1S/C13H12BrClFNO/c1-2-17-13(11-5-6-12(15)18-11)9-7-8(14)3-4-10(9)16/h3-7,13,17H,2H2,1H3. The molecule has 0 spiro atoms. The second kappa shape index (κ2) is 5.87. The lowest BCUT2D eigenvalue weighted by atomic mass is 10.0. The number of hydrogen-bond acceptors (Lipinski definition) is 2. The van der Waals surface area contributed by atoms with Gasteiger partial charge in [0, 0.05) is 10.0 Å². The number of nitrogens with one attached hydrogen (secondary N) is 1. The molecule has 0 aliphatic heterocycles. The molecule has 0 aliphatic carbocycles. The summed E-state index contributed by atoms with van der Waals surface area (Å²) in [5, 5.41) is 3.48. The topological polar surface area (TPSA) is 25.2 Å². The Morgan fingerprint density at radius 3 is 2.78 bits per heavy atom. The molecule has 2 nitrogen and oxygen atoms in total. The van der Waals surface area contributed by atoms with Crippen molar-refractivity contribution in [1.29, 1.82) is 0 Å². The Morgan fingerprint density at radius 2 is 2.17 bits per heavy atom. The monoisotopic (exact) mass is 331 g/mol. The van der Waals surface area contributed by atoms with Crippen molar-refractivity contribution in [1.82, 2.24) is 5.32 Å². The maximum absolute atomic E-state index is 13.9. The molecule has 1 heterocycles. The van der Waals surface area contributed by atoms with E-state index in [1.807, 2.05) is 6.92 Å².